The monoisotopic (exact) mass is 388 g/mol. The third-order valence-electron chi connectivity index (χ3n) is 5.11. The van der Waals surface area contributed by atoms with Crippen LogP contribution in [0.1, 0.15) is 18.1 Å². The van der Waals surface area contributed by atoms with Crippen molar-refractivity contribution in [2.24, 2.45) is 0 Å². The SMILES string of the molecule is COc1ccncc1Nc1nccc(-c2cc(C#N)c3c(c2)[C@@](C)(CO)CN3)n1. The van der Waals surface area contributed by atoms with Crippen molar-refractivity contribution in [1.29, 1.82) is 5.26 Å². The molecule has 1 aliphatic heterocycles. The lowest BCUT2D eigenvalue weighted by Crippen LogP contribution is -2.28. The molecular weight excluding hydrogens is 368 g/mol. The average Bonchev–Trinajstić information content (AvgIpc) is 3.11. The molecule has 0 spiro atoms. The Hall–Kier alpha value is -3.70. The molecule has 29 heavy (non-hydrogen) atoms. The molecule has 0 unspecified atom stereocenters. The third-order valence-corrected chi connectivity index (χ3v) is 5.11. The number of benzene rings is 1. The van der Waals surface area contributed by atoms with Gasteiger partial charge in [0.25, 0.3) is 0 Å². The second kappa shape index (κ2) is 7.37. The molecule has 1 atom stereocenters. The molecule has 1 aliphatic rings. The fraction of sp³-hybridized carbons (Fsp3) is 0.238. The van der Waals surface area contributed by atoms with Crippen molar-refractivity contribution in [2.45, 2.75) is 12.3 Å². The van der Waals surface area contributed by atoms with Crippen molar-refractivity contribution in [3.05, 3.63) is 54.0 Å². The van der Waals surface area contributed by atoms with E-state index in [9.17, 15) is 10.4 Å². The first-order valence-corrected chi connectivity index (χ1v) is 9.10. The number of ether oxygens (including phenoxy) is 1. The minimum Gasteiger partial charge on any atom is -0.494 e. The highest BCUT2D eigenvalue weighted by Gasteiger charge is 2.35. The minimum absolute atomic E-state index is 0.0152. The summed E-state index contributed by atoms with van der Waals surface area (Å²) in [6, 6.07) is 9.54. The van der Waals surface area contributed by atoms with Crippen LogP contribution < -0.4 is 15.4 Å². The van der Waals surface area contributed by atoms with Crippen molar-refractivity contribution in [3.8, 4) is 23.1 Å². The maximum absolute atomic E-state index is 9.88. The molecule has 0 saturated heterocycles. The molecule has 3 aromatic rings. The number of nitrogens with one attached hydrogen (secondary N) is 2. The second-order valence-electron chi connectivity index (χ2n) is 7.10. The van der Waals surface area contributed by atoms with E-state index in [0.29, 0.717) is 35.2 Å². The van der Waals surface area contributed by atoms with Gasteiger partial charge in [0.2, 0.25) is 5.95 Å². The molecule has 0 saturated carbocycles. The number of anilines is 3. The number of aliphatic hydroxyl groups is 1. The average molecular weight is 388 g/mol. The number of methoxy groups -OCH3 is 1. The van der Waals surface area contributed by atoms with Crippen LogP contribution in [0.4, 0.5) is 17.3 Å². The maximum Gasteiger partial charge on any atom is 0.227 e. The Labute approximate surface area is 168 Å². The van der Waals surface area contributed by atoms with Crippen molar-refractivity contribution >= 4 is 17.3 Å². The van der Waals surface area contributed by atoms with Crippen LogP contribution in [0.15, 0.2) is 42.9 Å². The molecular formula is C21H20N6O2. The van der Waals surface area contributed by atoms with Gasteiger partial charge < -0.3 is 20.5 Å². The Kier molecular flexibility index (Phi) is 4.74. The molecule has 3 N–H and O–H groups in total. The molecule has 0 amide bonds. The van der Waals surface area contributed by atoms with Crippen LogP contribution in [0.5, 0.6) is 5.75 Å². The molecule has 8 nitrogen and oxygen atoms in total. The Morgan fingerprint density at radius 1 is 1.34 bits per heavy atom. The predicted molar refractivity (Wildman–Crippen MR) is 109 cm³/mol. The number of aliphatic hydroxyl groups excluding tert-OH is 1. The van der Waals surface area contributed by atoms with Gasteiger partial charge in [-0.3, -0.25) is 4.98 Å². The van der Waals surface area contributed by atoms with E-state index in [4.69, 9.17) is 4.74 Å². The van der Waals surface area contributed by atoms with Crippen molar-refractivity contribution in [1.82, 2.24) is 15.0 Å². The number of pyridine rings is 1. The number of hydrogen-bond acceptors (Lipinski definition) is 8. The summed E-state index contributed by atoms with van der Waals surface area (Å²) in [6.45, 7) is 2.53. The minimum atomic E-state index is -0.450. The van der Waals surface area contributed by atoms with Crippen LogP contribution in [0.25, 0.3) is 11.3 Å². The van der Waals surface area contributed by atoms with Gasteiger partial charge in [0.05, 0.1) is 36.9 Å². The Morgan fingerprint density at radius 2 is 2.21 bits per heavy atom. The lowest BCUT2D eigenvalue weighted by atomic mass is 9.83. The van der Waals surface area contributed by atoms with Gasteiger partial charge >= 0.3 is 0 Å². The van der Waals surface area contributed by atoms with Gasteiger partial charge in [-0.05, 0) is 23.8 Å². The first-order chi connectivity index (χ1) is 14.1. The summed E-state index contributed by atoms with van der Waals surface area (Å²) in [4.78, 5) is 13.0. The molecule has 0 aliphatic carbocycles. The van der Waals surface area contributed by atoms with Crippen LogP contribution in [-0.4, -0.2) is 40.3 Å². The summed E-state index contributed by atoms with van der Waals surface area (Å²) in [6.07, 6.45) is 4.92. The molecule has 0 bridgehead atoms. The molecule has 146 valence electrons. The number of hydrogen-bond donors (Lipinski definition) is 3. The predicted octanol–water partition coefficient (Wildman–Crippen LogP) is 2.84. The van der Waals surface area contributed by atoms with Gasteiger partial charge in [-0.2, -0.15) is 5.26 Å². The summed E-state index contributed by atoms with van der Waals surface area (Å²) >= 11 is 0. The molecule has 2 aromatic heterocycles. The van der Waals surface area contributed by atoms with E-state index in [2.05, 4.69) is 31.7 Å². The largest absolute Gasteiger partial charge is 0.494 e. The summed E-state index contributed by atoms with van der Waals surface area (Å²) in [5.41, 5.74) is 3.86. The smallest absolute Gasteiger partial charge is 0.227 e. The van der Waals surface area contributed by atoms with E-state index in [1.54, 1.807) is 43.9 Å². The zero-order chi connectivity index (χ0) is 20.4. The van der Waals surface area contributed by atoms with E-state index in [1.165, 1.54) is 0 Å². The molecule has 4 rings (SSSR count). The van der Waals surface area contributed by atoms with E-state index < -0.39 is 5.41 Å². The Bertz CT molecular complexity index is 1110. The summed E-state index contributed by atoms with van der Waals surface area (Å²) in [5.74, 6) is 1.01. The zero-order valence-electron chi connectivity index (χ0n) is 16.1. The summed E-state index contributed by atoms with van der Waals surface area (Å²) < 4.78 is 5.32. The standard InChI is InChI=1S/C21H20N6O2/c1-21(12-28)11-25-19-14(9-22)7-13(8-15(19)21)16-3-6-24-20(26-16)27-17-10-23-5-4-18(17)29-2/h3-8,10,25,28H,11-12H2,1-2H3,(H,24,26,27)/t21-/m1/s1. The van der Waals surface area contributed by atoms with E-state index >= 15 is 0 Å². The van der Waals surface area contributed by atoms with Gasteiger partial charge in [0, 0.05) is 36.0 Å². The summed E-state index contributed by atoms with van der Waals surface area (Å²) in [7, 11) is 1.58. The molecule has 0 fully saturated rings. The lowest BCUT2D eigenvalue weighted by Gasteiger charge is -2.21. The van der Waals surface area contributed by atoms with Gasteiger partial charge in [0.1, 0.15) is 17.5 Å². The normalized spacial score (nSPS) is 17.2. The quantitative estimate of drug-likeness (QED) is 0.611. The number of nitrogens with zero attached hydrogens (tertiary/aromatic N) is 4. The van der Waals surface area contributed by atoms with E-state index in [-0.39, 0.29) is 6.61 Å². The maximum atomic E-state index is 9.88. The second-order valence-corrected chi connectivity index (χ2v) is 7.10. The summed E-state index contributed by atoms with van der Waals surface area (Å²) in [5, 5.41) is 25.8. The molecule has 3 heterocycles. The highest BCUT2D eigenvalue weighted by molar-refractivity contribution is 5.76. The van der Waals surface area contributed by atoms with E-state index in [0.717, 1.165) is 16.8 Å². The van der Waals surface area contributed by atoms with Crippen molar-refractivity contribution in [3.63, 3.8) is 0 Å². The lowest BCUT2D eigenvalue weighted by molar-refractivity contribution is 0.219. The fourth-order valence-electron chi connectivity index (χ4n) is 3.42. The van der Waals surface area contributed by atoms with Gasteiger partial charge in [0.15, 0.2) is 0 Å². The number of fused-ring (bicyclic) bond motifs is 1. The molecule has 8 heteroatoms. The third kappa shape index (κ3) is 3.32. The van der Waals surface area contributed by atoms with Gasteiger partial charge in [-0.1, -0.05) is 6.92 Å². The molecule has 1 aromatic carbocycles. The Morgan fingerprint density at radius 3 is 2.97 bits per heavy atom. The number of rotatable bonds is 5. The highest BCUT2D eigenvalue weighted by atomic mass is 16.5. The molecule has 0 radical (unpaired) electrons. The topological polar surface area (TPSA) is 116 Å². The number of nitriles is 1. The number of aromatic nitrogens is 3. The van der Waals surface area contributed by atoms with Crippen LogP contribution in [0.3, 0.4) is 0 Å². The van der Waals surface area contributed by atoms with Crippen LogP contribution in [0, 0.1) is 11.3 Å². The van der Waals surface area contributed by atoms with Crippen LogP contribution in [0.2, 0.25) is 0 Å². The van der Waals surface area contributed by atoms with Crippen LogP contribution in [-0.2, 0) is 5.41 Å². The Balaban J connectivity index is 1.74. The highest BCUT2D eigenvalue weighted by Crippen LogP contribution is 2.41. The van der Waals surface area contributed by atoms with Crippen molar-refractivity contribution in [2.75, 3.05) is 30.9 Å². The zero-order valence-corrected chi connectivity index (χ0v) is 16.1. The van der Waals surface area contributed by atoms with Gasteiger partial charge in [-0.15, -0.1) is 0 Å². The van der Waals surface area contributed by atoms with Crippen LogP contribution >= 0.6 is 0 Å². The van der Waals surface area contributed by atoms with E-state index in [1.807, 2.05) is 13.0 Å². The van der Waals surface area contributed by atoms with Gasteiger partial charge in [-0.25, -0.2) is 9.97 Å². The first kappa shape index (κ1) is 18.7. The van der Waals surface area contributed by atoms with Crippen molar-refractivity contribution < 1.29 is 9.84 Å². The fourth-order valence-corrected chi connectivity index (χ4v) is 3.42. The first-order valence-electron chi connectivity index (χ1n) is 9.10.